The first-order valence-corrected chi connectivity index (χ1v) is 6.22. The number of benzene rings is 1. The van der Waals surface area contributed by atoms with Crippen LogP contribution in [-0.2, 0) is 12.6 Å². The van der Waals surface area contributed by atoms with Crippen molar-refractivity contribution in [3.63, 3.8) is 0 Å². The molecule has 21 heavy (non-hydrogen) atoms. The average molecular weight is 306 g/mol. The van der Waals surface area contributed by atoms with Crippen molar-refractivity contribution < 1.29 is 26.3 Å². The van der Waals surface area contributed by atoms with Gasteiger partial charge in [0.15, 0.2) is 0 Å². The van der Waals surface area contributed by atoms with E-state index >= 15 is 0 Å². The fourth-order valence-corrected chi connectivity index (χ4v) is 2.40. The molecule has 0 saturated carbocycles. The second-order valence-corrected chi connectivity index (χ2v) is 4.98. The lowest BCUT2D eigenvalue weighted by atomic mass is 9.75. The van der Waals surface area contributed by atoms with Crippen molar-refractivity contribution in [1.82, 2.24) is 0 Å². The Morgan fingerprint density at radius 2 is 1.62 bits per heavy atom. The zero-order chi connectivity index (χ0) is 15.7. The third kappa shape index (κ3) is 3.14. The normalized spacial score (nSPS) is 22.6. The van der Waals surface area contributed by atoms with Gasteiger partial charge in [0, 0.05) is 0 Å². The van der Waals surface area contributed by atoms with Gasteiger partial charge in [-0.1, -0.05) is 42.5 Å². The molecule has 0 aliphatic heterocycles. The molecule has 2 rings (SSSR count). The van der Waals surface area contributed by atoms with Crippen LogP contribution in [0.15, 0.2) is 48.6 Å². The molecular formula is C15H12F6. The van der Waals surface area contributed by atoms with E-state index in [0.717, 1.165) is 18.2 Å². The molecule has 1 aromatic rings. The number of hydrogen-bond donors (Lipinski definition) is 0. The molecule has 114 valence electrons. The van der Waals surface area contributed by atoms with Crippen LogP contribution < -0.4 is 0 Å². The molecule has 1 aliphatic rings. The zero-order valence-corrected chi connectivity index (χ0v) is 10.8. The first-order valence-electron chi connectivity index (χ1n) is 6.22. The molecule has 0 spiro atoms. The Morgan fingerprint density at radius 1 is 0.952 bits per heavy atom. The first-order chi connectivity index (χ1) is 9.66. The summed E-state index contributed by atoms with van der Waals surface area (Å²) in [5.41, 5.74) is -3.65. The molecule has 0 N–H and O–H groups in total. The Labute approximate surface area is 117 Å². The molecule has 0 fully saturated rings. The lowest BCUT2D eigenvalue weighted by molar-refractivity contribution is -0.205. The third-order valence-corrected chi connectivity index (χ3v) is 3.54. The summed E-state index contributed by atoms with van der Waals surface area (Å²) in [6.45, 7) is 0. The smallest absolute Gasteiger partial charge is 0.170 e. The predicted molar refractivity (Wildman–Crippen MR) is 66.5 cm³/mol. The van der Waals surface area contributed by atoms with Crippen LogP contribution in [0.5, 0.6) is 0 Å². The van der Waals surface area contributed by atoms with Crippen molar-refractivity contribution >= 4 is 0 Å². The molecule has 0 heterocycles. The second-order valence-electron chi connectivity index (χ2n) is 4.98. The largest absolute Gasteiger partial charge is 0.416 e. The van der Waals surface area contributed by atoms with Gasteiger partial charge in [0.25, 0.3) is 0 Å². The molecule has 0 bridgehead atoms. The lowest BCUT2D eigenvalue weighted by Crippen LogP contribution is -2.39. The second kappa shape index (κ2) is 5.24. The van der Waals surface area contributed by atoms with E-state index in [9.17, 15) is 26.3 Å². The number of halogens is 6. The fraction of sp³-hybridized carbons (Fsp3) is 0.333. The van der Waals surface area contributed by atoms with Gasteiger partial charge in [0.1, 0.15) is 0 Å². The molecule has 0 nitrogen and oxygen atoms in total. The van der Waals surface area contributed by atoms with Crippen LogP contribution in [0.3, 0.4) is 0 Å². The summed E-state index contributed by atoms with van der Waals surface area (Å²) in [6, 6.07) is 4.39. The minimum Gasteiger partial charge on any atom is -0.170 e. The standard InChI is InChI=1S/C15H12F6/c16-14(17,18)12-7-3-2-6-11(12)10-13(15(19,20)21)8-4-1-5-9-13/h1-8H,9-10H2. The Bertz CT molecular complexity index is 564. The Balaban J connectivity index is 2.44. The minimum absolute atomic E-state index is 0.345. The summed E-state index contributed by atoms with van der Waals surface area (Å²) in [7, 11) is 0. The van der Waals surface area contributed by atoms with Crippen molar-refractivity contribution in [3.05, 3.63) is 59.7 Å². The van der Waals surface area contributed by atoms with Gasteiger partial charge in [-0.2, -0.15) is 26.3 Å². The van der Waals surface area contributed by atoms with E-state index in [1.165, 1.54) is 30.4 Å². The van der Waals surface area contributed by atoms with Crippen molar-refractivity contribution in [2.24, 2.45) is 5.41 Å². The number of rotatable bonds is 2. The maximum atomic E-state index is 13.3. The lowest BCUT2D eigenvalue weighted by Gasteiger charge is -2.34. The summed E-state index contributed by atoms with van der Waals surface area (Å²) in [6.07, 6.45) is -5.42. The van der Waals surface area contributed by atoms with Gasteiger partial charge in [-0.05, 0) is 24.5 Å². The number of hydrogen-bond acceptors (Lipinski definition) is 0. The number of alkyl halides is 6. The number of allylic oxidation sites excluding steroid dienone is 4. The average Bonchev–Trinajstić information content (AvgIpc) is 2.38. The summed E-state index contributed by atoms with van der Waals surface area (Å²) >= 11 is 0. The molecule has 0 aromatic heterocycles. The zero-order valence-electron chi connectivity index (χ0n) is 10.8. The van der Waals surface area contributed by atoms with Crippen LogP contribution in [0.4, 0.5) is 26.3 Å². The van der Waals surface area contributed by atoms with Gasteiger partial charge < -0.3 is 0 Å². The first kappa shape index (κ1) is 15.7. The van der Waals surface area contributed by atoms with Crippen molar-refractivity contribution in [3.8, 4) is 0 Å². The van der Waals surface area contributed by atoms with Crippen LogP contribution in [0.25, 0.3) is 0 Å². The molecule has 1 atom stereocenters. The van der Waals surface area contributed by atoms with Gasteiger partial charge in [-0.25, -0.2) is 0 Å². The quantitative estimate of drug-likeness (QED) is 0.649. The van der Waals surface area contributed by atoms with Gasteiger partial charge >= 0.3 is 12.4 Å². The fourth-order valence-electron chi connectivity index (χ4n) is 2.40. The Kier molecular flexibility index (Phi) is 3.91. The van der Waals surface area contributed by atoms with Crippen LogP contribution in [0, 0.1) is 5.41 Å². The van der Waals surface area contributed by atoms with E-state index in [4.69, 9.17) is 0 Å². The van der Waals surface area contributed by atoms with Crippen LogP contribution in [0.2, 0.25) is 0 Å². The molecule has 0 radical (unpaired) electrons. The highest BCUT2D eigenvalue weighted by atomic mass is 19.4. The molecule has 0 saturated heterocycles. The van der Waals surface area contributed by atoms with E-state index in [1.54, 1.807) is 0 Å². The van der Waals surface area contributed by atoms with Crippen molar-refractivity contribution in [2.75, 3.05) is 0 Å². The van der Waals surface area contributed by atoms with E-state index in [2.05, 4.69) is 0 Å². The third-order valence-electron chi connectivity index (χ3n) is 3.54. The molecule has 1 aliphatic carbocycles. The summed E-state index contributed by atoms with van der Waals surface area (Å²) in [4.78, 5) is 0. The van der Waals surface area contributed by atoms with Crippen LogP contribution >= 0.6 is 0 Å². The topological polar surface area (TPSA) is 0 Å². The molecule has 1 aromatic carbocycles. The minimum atomic E-state index is -4.67. The van der Waals surface area contributed by atoms with E-state index in [0.29, 0.717) is 0 Å². The summed E-state index contributed by atoms with van der Waals surface area (Å²) in [5, 5.41) is 0. The molecule has 6 heteroatoms. The summed E-state index contributed by atoms with van der Waals surface area (Å²) < 4.78 is 78.8. The molecule has 1 unspecified atom stereocenters. The maximum Gasteiger partial charge on any atom is 0.416 e. The Hall–Kier alpha value is -1.72. The SMILES string of the molecule is FC(F)(F)c1ccccc1CC1(C(F)(F)F)C=CC=CC1. The highest BCUT2D eigenvalue weighted by Crippen LogP contribution is 2.48. The van der Waals surface area contributed by atoms with Gasteiger partial charge in [0.2, 0.25) is 0 Å². The predicted octanol–water partition coefficient (Wildman–Crippen LogP) is 5.31. The van der Waals surface area contributed by atoms with E-state index in [-0.39, 0.29) is 12.0 Å². The van der Waals surface area contributed by atoms with E-state index < -0.39 is 29.8 Å². The van der Waals surface area contributed by atoms with Crippen LogP contribution in [-0.4, -0.2) is 6.18 Å². The van der Waals surface area contributed by atoms with Gasteiger partial charge in [-0.15, -0.1) is 0 Å². The maximum absolute atomic E-state index is 13.3. The van der Waals surface area contributed by atoms with E-state index in [1.807, 2.05) is 0 Å². The van der Waals surface area contributed by atoms with Crippen molar-refractivity contribution in [2.45, 2.75) is 25.2 Å². The monoisotopic (exact) mass is 306 g/mol. The van der Waals surface area contributed by atoms with Crippen molar-refractivity contribution in [1.29, 1.82) is 0 Å². The summed E-state index contributed by atoms with van der Waals surface area (Å²) in [5.74, 6) is 0. The molecule has 0 amide bonds. The van der Waals surface area contributed by atoms with Gasteiger partial charge in [0.05, 0.1) is 11.0 Å². The highest BCUT2D eigenvalue weighted by Gasteiger charge is 2.53. The highest BCUT2D eigenvalue weighted by molar-refractivity contribution is 5.33. The Morgan fingerprint density at radius 3 is 2.14 bits per heavy atom. The van der Waals surface area contributed by atoms with Crippen LogP contribution in [0.1, 0.15) is 17.5 Å². The molecular weight excluding hydrogens is 294 g/mol. The van der Waals surface area contributed by atoms with Gasteiger partial charge in [-0.3, -0.25) is 0 Å².